The Morgan fingerprint density at radius 1 is 1.80 bits per heavy atom. The number of aliphatic carboxylic acids is 1. The molecule has 2 N–H and O–H groups in total. The Bertz CT molecular complexity index is 354. The van der Waals surface area contributed by atoms with Crippen molar-refractivity contribution in [3.63, 3.8) is 0 Å². The fourth-order valence-corrected chi connectivity index (χ4v) is 2.54. The largest absolute Gasteiger partial charge is 0.481 e. The number of nitrogens with zero attached hydrogens (tertiary/aromatic N) is 2. The summed E-state index contributed by atoms with van der Waals surface area (Å²) < 4.78 is 0. The van der Waals surface area contributed by atoms with Crippen LogP contribution in [0.1, 0.15) is 26.2 Å². The number of rotatable bonds is 3. The zero-order valence-electron chi connectivity index (χ0n) is 8.43. The molecular weight excluding hydrogens is 214 g/mol. The molecule has 0 bridgehead atoms. The number of carboxylic acids is 1. The maximum absolute atomic E-state index is 11.2. The Morgan fingerprint density at radius 2 is 2.60 bits per heavy atom. The van der Waals surface area contributed by atoms with Gasteiger partial charge in [0.15, 0.2) is 0 Å². The van der Waals surface area contributed by atoms with Crippen molar-refractivity contribution in [2.75, 3.05) is 5.32 Å². The summed E-state index contributed by atoms with van der Waals surface area (Å²) in [5.74, 6) is -0.734. The normalized spacial score (nSPS) is 30.3. The van der Waals surface area contributed by atoms with E-state index < -0.39 is 11.4 Å². The van der Waals surface area contributed by atoms with E-state index >= 15 is 0 Å². The molecule has 2 atom stereocenters. The third kappa shape index (κ3) is 1.81. The quantitative estimate of drug-likeness (QED) is 0.820. The van der Waals surface area contributed by atoms with Gasteiger partial charge in [0.1, 0.15) is 5.51 Å². The van der Waals surface area contributed by atoms with Gasteiger partial charge in [0.2, 0.25) is 5.13 Å². The summed E-state index contributed by atoms with van der Waals surface area (Å²) in [7, 11) is 0. The van der Waals surface area contributed by atoms with E-state index in [0.717, 1.165) is 19.3 Å². The molecule has 0 aromatic carbocycles. The second kappa shape index (κ2) is 3.77. The number of anilines is 1. The smallest absolute Gasteiger partial charge is 0.311 e. The molecule has 1 heterocycles. The van der Waals surface area contributed by atoms with Crippen molar-refractivity contribution in [2.45, 2.75) is 32.2 Å². The maximum Gasteiger partial charge on any atom is 0.311 e. The Labute approximate surface area is 91.5 Å². The molecule has 6 heteroatoms. The second-order valence-corrected chi connectivity index (χ2v) is 4.89. The summed E-state index contributed by atoms with van der Waals surface area (Å²) in [6, 6.07) is -0.0389. The first-order chi connectivity index (χ1) is 7.13. The highest BCUT2D eigenvalue weighted by atomic mass is 32.1. The van der Waals surface area contributed by atoms with Gasteiger partial charge in [-0.25, -0.2) is 0 Å². The van der Waals surface area contributed by atoms with E-state index in [1.807, 2.05) is 0 Å². The molecule has 0 aliphatic heterocycles. The van der Waals surface area contributed by atoms with Crippen LogP contribution in [0.4, 0.5) is 5.13 Å². The second-order valence-electron chi connectivity index (χ2n) is 4.06. The molecule has 0 spiro atoms. The third-order valence-electron chi connectivity index (χ3n) is 3.10. The highest BCUT2D eigenvalue weighted by molar-refractivity contribution is 7.13. The van der Waals surface area contributed by atoms with Gasteiger partial charge in [0.25, 0.3) is 0 Å². The SMILES string of the molecule is CC1(C(=O)O)CCCC1Nc1nncs1. The molecular formula is C9H13N3O2S. The number of hydrogen-bond acceptors (Lipinski definition) is 5. The lowest BCUT2D eigenvalue weighted by Crippen LogP contribution is -2.40. The van der Waals surface area contributed by atoms with E-state index in [0.29, 0.717) is 5.13 Å². The fourth-order valence-electron chi connectivity index (χ4n) is 2.04. The van der Waals surface area contributed by atoms with Crippen LogP contribution in [0.25, 0.3) is 0 Å². The molecule has 0 amide bonds. The molecule has 1 saturated carbocycles. The molecule has 0 saturated heterocycles. The van der Waals surface area contributed by atoms with Crippen molar-refractivity contribution in [3.8, 4) is 0 Å². The van der Waals surface area contributed by atoms with Gasteiger partial charge in [-0.05, 0) is 19.8 Å². The van der Waals surface area contributed by atoms with Crippen LogP contribution in [0.2, 0.25) is 0 Å². The molecule has 15 heavy (non-hydrogen) atoms. The van der Waals surface area contributed by atoms with E-state index in [9.17, 15) is 9.90 Å². The average Bonchev–Trinajstić information content (AvgIpc) is 2.78. The van der Waals surface area contributed by atoms with Gasteiger partial charge >= 0.3 is 5.97 Å². The number of hydrogen-bond donors (Lipinski definition) is 2. The molecule has 0 radical (unpaired) electrons. The van der Waals surface area contributed by atoms with Crippen LogP contribution in [-0.4, -0.2) is 27.3 Å². The predicted molar refractivity (Wildman–Crippen MR) is 56.9 cm³/mol. The van der Waals surface area contributed by atoms with Gasteiger partial charge < -0.3 is 10.4 Å². The zero-order chi connectivity index (χ0) is 10.9. The van der Waals surface area contributed by atoms with Gasteiger partial charge in [-0.2, -0.15) is 0 Å². The molecule has 1 aliphatic rings. The standard InChI is InChI=1S/C9H13N3O2S/c1-9(7(13)14)4-2-3-6(9)11-8-12-10-5-15-8/h5-6H,2-4H2,1H3,(H,11,12)(H,13,14). The monoisotopic (exact) mass is 227 g/mol. The first-order valence-electron chi connectivity index (χ1n) is 4.89. The summed E-state index contributed by atoms with van der Waals surface area (Å²) in [5, 5.41) is 20.6. The maximum atomic E-state index is 11.2. The minimum atomic E-state index is -0.734. The van der Waals surface area contributed by atoms with Crippen LogP contribution >= 0.6 is 11.3 Å². The van der Waals surface area contributed by atoms with E-state index in [-0.39, 0.29) is 6.04 Å². The molecule has 5 nitrogen and oxygen atoms in total. The summed E-state index contributed by atoms with van der Waals surface area (Å²) in [6.07, 6.45) is 2.54. The number of carbonyl (C=O) groups is 1. The van der Waals surface area contributed by atoms with E-state index in [1.165, 1.54) is 11.3 Å². The lowest BCUT2D eigenvalue weighted by molar-refractivity contribution is -0.147. The highest BCUT2D eigenvalue weighted by Gasteiger charge is 2.45. The molecule has 1 aromatic heterocycles. The minimum Gasteiger partial charge on any atom is -0.481 e. The first kappa shape index (κ1) is 10.4. The minimum absolute atomic E-state index is 0.0389. The molecule has 82 valence electrons. The molecule has 2 unspecified atom stereocenters. The van der Waals surface area contributed by atoms with Crippen molar-refractivity contribution in [3.05, 3.63) is 5.51 Å². The predicted octanol–water partition coefficient (Wildman–Crippen LogP) is 1.59. The van der Waals surface area contributed by atoms with Gasteiger partial charge in [-0.1, -0.05) is 17.8 Å². The Morgan fingerprint density at radius 3 is 3.20 bits per heavy atom. The number of carboxylic acid groups (broad SMARTS) is 1. The summed E-state index contributed by atoms with van der Waals surface area (Å²) in [5.41, 5.74) is 0.959. The van der Waals surface area contributed by atoms with E-state index in [2.05, 4.69) is 15.5 Å². The van der Waals surface area contributed by atoms with Crippen molar-refractivity contribution >= 4 is 22.4 Å². The molecule has 1 aliphatic carbocycles. The average molecular weight is 227 g/mol. The van der Waals surface area contributed by atoms with Crippen LogP contribution < -0.4 is 5.32 Å². The Balaban J connectivity index is 2.12. The highest BCUT2D eigenvalue weighted by Crippen LogP contribution is 2.39. The van der Waals surface area contributed by atoms with Crippen LogP contribution in [0.5, 0.6) is 0 Å². The van der Waals surface area contributed by atoms with Gasteiger partial charge in [-0.15, -0.1) is 10.2 Å². The molecule has 1 aromatic rings. The summed E-state index contributed by atoms with van der Waals surface area (Å²) in [4.78, 5) is 11.2. The van der Waals surface area contributed by atoms with Gasteiger partial charge in [0, 0.05) is 6.04 Å². The molecule has 1 fully saturated rings. The van der Waals surface area contributed by atoms with Crippen molar-refractivity contribution < 1.29 is 9.90 Å². The Hall–Kier alpha value is -1.17. The summed E-state index contributed by atoms with van der Waals surface area (Å²) in [6.45, 7) is 1.79. The Kier molecular flexibility index (Phi) is 2.60. The topological polar surface area (TPSA) is 75.1 Å². The lowest BCUT2D eigenvalue weighted by Gasteiger charge is -2.27. The van der Waals surface area contributed by atoms with Crippen LogP contribution in [0.15, 0.2) is 5.51 Å². The van der Waals surface area contributed by atoms with Crippen molar-refractivity contribution in [1.29, 1.82) is 0 Å². The van der Waals surface area contributed by atoms with Gasteiger partial charge in [0.05, 0.1) is 5.41 Å². The van der Waals surface area contributed by atoms with E-state index in [1.54, 1.807) is 12.4 Å². The zero-order valence-corrected chi connectivity index (χ0v) is 9.25. The van der Waals surface area contributed by atoms with Crippen molar-refractivity contribution in [2.24, 2.45) is 5.41 Å². The molecule has 2 rings (SSSR count). The number of nitrogens with one attached hydrogen (secondary N) is 1. The number of aromatic nitrogens is 2. The van der Waals surface area contributed by atoms with Gasteiger partial charge in [-0.3, -0.25) is 4.79 Å². The van der Waals surface area contributed by atoms with Crippen LogP contribution in [0.3, 0.4) is 0 Å². The lowest BCUT2D eigenvalue weighted by atomic mass is 9.85. The first-order valence-corrected chi connectivity index (χ1v) is 5.77. The fraction of sp³-hybridized carbons (Fsp3) is 0.667. The third-order valence-corrected chi connectivity index (χ3v) is 3.73. The van der Waals surface area contributed by atoms with Crippen molar-refractivity contribution in [1.82, 2.24) is 10.2 Å². The van der Waals surface area contributed by atoms with Crippen LogP contribution in [-0.2, 0) is 4.79 Å². The van der Waals surface area contributed by atoms with Crippen LogP contribution in [0, 0.1) is 5.41 Å². The summed E-state index contributed by atoms with van der Waals surface area (Å²) >= 11 is 1.40. The van der Waals surface area contributed by atoms with E-state index in [4.69, 9.17) is 0 Å².